The summed E-state index contributed by atoms with van der Waals surface area (Å²) in [5.74, 6) is -0.268. The number of amides is 1. The predicted octanol–water partition coefficient (Wildman–Crippen LogP) is 6.48. The van der Waals surface area contributed by atoms with E-state index in [1.807, 2.05) is 60.8 Å². The van der Waals surface area contributed by atoms with Gasteiger partial charge >= 0.3 is 0 Å². The third-order valence-electron chi connectivity index (χ3n) is 6.52. The lowest BCUT2D eigenvalue weighted by atomic mass is 10.1. The Morgan fingerprint density at radius 3 is 2.61 bits per heavy atom. The lowest BCUT2D eigenvalue weighted by molar-refractivity contribution is 0.101. The number of para-hydroxylation sites is 1. The highest BCUT2D eigenvalue weighted by Crippen LogP contribution is 2.35. The zero-order valence-corrected chi connectivity index (χ0v) is 22.6. The van der Waals surface area contributed by atoms with Gasteiger partial charge in [-0.3, -0.25) is 9.69 Å². The first-order valence-electron chi connectivity index (χ1n) is 12.6. The molecule has 1 fully saturated rings. The molecule has 38 heavy (non-hydrogen) atoms. The van der Waals surface area contributed by atoms with Crippen LogP contribution in [0.15, 0.2) is 66.9 Å². The van der Waals surface area contributed by atoms with Crippen LogP contribution in [0.5, 0.6) is 0 Å². The highest BCUT2D eigenvalue weighted by atomic mass is 32.1. The Balaban J connectivity index is 1.28. The number of nitrogens with zero attached hydrogens (tertiary/aromatic N) is 4. The third-order valence-corrected chi connectivity index (χ3v) is 8.61. The maximum absolute atomic E-state index is 13.5. The molecule has 6 rings (SSSR count). The first kappa shape index (κ1) is 24.8. The van der Waals surface area contributed by atoms with Crippen molar-refractivity contribution in [3.05, 3.63) is 83.0 Å². The zero-order valence-electron chi connectivity index (χ0n) is 21.0. The van der Waals surface area contributed by atoms with Crippen molar-refractivity contribution in [2.24, 2.45) is 0 Å². The monoisotopic (exact) mass is 541 g/mol. The number of likely N-dealkylation sites (tertiary alicyclic amines) is 1. The van der Waals surface area contributed by atoms with Crippen molar-refractivity contribution in [2.45, 2.75) is 26.0 Å². The van der Waals surface area contributed by atoms with Gasteiger partial charge in [0, 0.05) is 31.0 Å². The van der Waals surface area contributed by atoms with Crippen LogP contribution in [0.1, 0.15) is 33.8 Å². The average molecular weight is 542 g/mol. The highest BCUT2D eigenvalue weighted by Gasteiger charge is 2.21. The third kappa shape index (κ3) is 5.23. The molecule has 1 aliphatic heterocycles. The van der Waals surface area contributed by atoms with Crippen LogP contribution in [0.25, 0.3) is 31.5 Å². The fraction of sp³-hybridized carbons (Fsp3) is 0.241. The number of carbonyl (C=O) groups excluding carboxylic acids is 1. The van der Waals surface area contributed by atoms with Gasteiger partial charge < -0.3 is 10.1 Å². The minimum Gasteiger partial charge on any atom is -0.379 e. The first-order valence-corrected chi connectivity index (χ1v) is 14.2. The first-order chi connectivity index (χ1) is 18.7. The predicted molar refractivity (Wildman–Crippen MR) is 154 cm³/mol. The van der Waals surface area contributed by atoms with Gasteiger partial charge in [-0.1, -0.05) is 53.8 Å². The van der Waals surface area contributed by atoms with E-state index >= 15 is 0 Å². The van der Waals surface area contributed by atoms with E-state index < -0.39 is 0 Å². The van der Waals surface area contributed by atoms with Gasteiger partial charge in [0.15, 0.2) is 0 Å². The number of nitrogens with one attached hydrogen (secondary N) is 1. The minimum absolute atomic E-state index is 0.268. The molecule has 1 saturated heterocycles. The summed E-state index contributed by atoms with van der Waals surface area (Å²) in [7, 11) is 1.62. The second-order valence-electron chi connectivity index (χ2n) is 9.26. The minimum atomic E-state index is -0.268. The van der Waals surface area contributed by atoms with Crippen LogP contribution in [0.2, 0.25) is 0 Å². The number of fused-ring (bicyclic) bond motifs is 1. The summed E-state index contributed by atoms with van der Waals surface area (Å²) in [5.41, 5.74) is 4.96. The summed E-state index contributed by atoms with van der Waals surface area (Å²) in [6.07, 6.45) is 4.49. The Labute approximate surface area is 229 Å². The van der Waals surface area contributed by atoms with Crippen LogP contribution in [-0.4, -0.2) is 46.0 Å². The summed E-state index contributed by atoms with van der Waals surface area (Å²) in [4.78, 5) is 31.9. The summed E-state index contributed by atoms with van der Waals surface area (Å²) in [5, 5.41) is 4.69. The van der Waals surface area contributed by atoms with E-state index in [9.17, 15) is 4.79 Å². The molecular formula is C29H27N5O2S2. The van der Waals surface area contributed by atoms with Gasteiger partial charge in [-0.15, -0.1) is 11.3 Å². The van der Waals surface area contributed by atoms with E-state index in [1.165, 1.54) is 41.1 Å². The smallest absolute Gasteiger partial charge is 0.275 e. The van der Waals surface area contributed by atoms with Crippen molar-refractivity contribution in [3.63, 3.8) is 0 Å². The van der Waals surface area contributed by atoms with Gasteiger partial charge in [0.2, 0.25) is 0 Å². The standard InChI is InChI=1S/C29H27N5O2S2/c1-36-18-24-25(33-27(37-24)20-9-3-2-4-10-20)26(35)31-22-12-6-5-11-21(22)28-32-23-15-19(16-30-29(23)38-28)17-34-13-7-8-14-34/h2-6,9-12,15-16H,7-8,13-14,17-18H2,1H3,(H,31,35). The van der Waals surface area contributed by atoms with Crippen LogP contribution in [0.4, 0.5) is 5.69 Å². The molecule has 7 nitrogen and oxygen atoms in total. The molecule has 0 saturated carbocycles. The molecule has 5 aromatic rings. The Hall–Kier alpha value is -3.50. The van der Waals surface area contributed by atoms with E-state index in [-0.39, 0.29) is 5.91 Å². The average Bonchev–Trinajstić information content (AvgIpc) is 3.70. The molecule has 9 heteroatoms. The number of methoxy groups -OCH3 is 1. The number of ether oxygens (including phenoxy) is 1. The quantitative estimate of drug-likeness (QED) is 0.242. The fourth-order valence-electron chi connectivity index (χ4n) is 4.69. The molecule has 1 amide bonds. The molecule has 0 radical (unpaired) electrons. The van der Waals surface area contributed by atoms with E-state index in [0.717, 1.165) is 56.0 Å². The number of rotatable bonds is 8. The van der Waals surface area contributed by atoms with E-state index in [1.54, 1.807) is 7.11 Å². The van der Waals surface area contributed by atoms with Gasteiger partial charge in [-0.25, -0.2) is 15.0 Å². The molecular weight excluding hydrogens is 514 g/mol. The normalized spacial score (nSPS) is 13.8. The van der Waals surface area contributed by atoms with E-state index in [0.29, 0.717) is 18.0 Å². The summed E-state index contributed by atoms with van der Waals surface area (Å²) in [6.45, 7) is 3.51. The molecule has 0 aliphatic carbocycles. The SMILES string of the molecule is COCc1sc(-c2ccccc2)nc1C(=O)Nc1ccccc1-c1nc2cc(CN3CCCC3)cnc2s1. The van der Waals surface area contributed by atoms with Crippen LogP contribution in [0, 0.1) is 0 Å². The number of carbonyl (C=O) groups is 1. The Bertz CT molecular complexity index is 1570. The lowest BCUT2D eigenvalue weighted by Gasteiger charge is -2.13. The highest BCUT2D eigenvalue weighted by molar-refractivity contribution is 7.21. The Morgan fingerprint density at radius 2 is 1.79 bits per heavy atom. The van der Waals surface area contributed by atoms with Crippen LogP contribution < -0.4 is 5.32 Å². The molecule has 3 aromatic heterocycles. The van der Waals surface area contributed by atoms with Crippen molar-refractivity contribution < 1.29 is 9.53 Å². The Kier molecular flexibility index (Phi) is 7.24. The van der Waals surface area contributed by atoms with E-state index in [4.69, 9.17) is 14.7 Å². The maximum atomic E-state index is 13.5. The number of pyridine rings is 1. The molecule has 1 N–H and O–H groups in total. The molecule has 1 aliphatic rings. The number of hydrogen-bond donors (Lipinski definition) is 1. The van der Waals surface area contributed by atoms with Crippen molar-refractivity contribution >= 4 is 44.6 Å². The van der Waals surface area contributed by atoms with Gasteiger partial charge in [0.1, 0.15) is 26.1 Å². The second kappa shape index (κ2) is 11.1. The number of thiazole rings is 2. The van der Waals surface area contributed by atoms with Crippen molar-refractivity contribution in [3.8, 4) is 21.1 Å². The number of benzene rings is 2. The number of anilines is 1. The van der Waals surface area contributed by atoms with Crippen molar-refractivity contribution in [2.75, 3.05) is 25.5 Å². The van der Waals surface area contributed by atoms with Crippen LogP contribution in [-0.2, 0) is 17.9 Å². The van der Waals surface area contributed by atoms with Gasteiger partial charge in [-0.2, -0.15) is 0 Å². The number of aromatic nitrogens is 3. The zero-order chi connectivity index (χ0) is 25.9. The topological polar surface area (TPSA) is 80.2 Å². The fourth-order valence-corrected chi connectivity index (χ4v) is 6.65. The summed E-state index contributed by atoms with van der Waals surface area (Å²) in [6, 6.07) is 19.7. The summed E-state index contributed by atoms with van der Waals surface area (Å²) >= 11 is 3.00. The van der Waals surface area contributed by atoms with E-state index in [2.05, 4.69) is 21.3 Å². The van der Waals surface area contributed by atoms with Crippen molar-refractivity contribution in [1.29, 1.82) is 0 Å². The Morgan fingerprint density at radius 1 is 1.00 bits per heavy atom. The summed E-state index contributed by atoms with van der Waals surface area (Å²) < 4.78 is 5.37. The second-order valence-corrected chi connectivity index (χ2v) is 11.3. The molecule has 0 unspecified atom stereocenters. The van der Waals surface area contributed by atoms with Crippen LogP contribution in [0.3, 0.4) is 0 Å². The van der Waals surface area contributed by atoms with Gasteiger partial charge in [0.05, 0.1) is 17.2 Å². The van der Waals surface area contributed by atoms with Gasteiger partial charge in [-0.05, 0) is 49.7 Å². The molecule has 0 spiro atoms. The molecule has 4 heterocycles. The maximum Gasteiger partial charge on any atom is 0.275 e. The van der Waals surface area contributed by atoms with Crippen molar-refractivity contribution in [1.82, 2.24) is 19.9 Å². The molecule has 0 atom stereocenters. The molecule has 192 valence electrons. The van der Waals surface area contributed by atoms with Gasteiger partial charge in [0.25, 0.3) is 5.91 Å². The lowest BCUT2D eigenvalue weighted by Crippen LogP contribution is -2.18. The largest absolute Gasteiger partial charge is 0.379 e. The van der Waals surface area contributed by atoms with Crippen LogP contribution >= 0.6 is 22.7 Å². The molecule has 2 aromatic carbocycles. The molecule has 0 bridgehead atoms. The number of hydrogen-bond acceptors (Lipinski definition) is 8.